The number of nitrogens with one attached hydrogen (secondary N) is 2. The fourth-order valence-corrected chi connectivity index (χ4v) is 2.34. The van der Waals surface area contributed by atoms with Crippen molar-refractivity contribution in [3.05, 3.63) is 59.1 Å². The van der Waals surface area contributed by atoms with Gasteiger partial charge in [-0.05, 0) is 48.9 Å². The van der Waals surface area contributed by atoms with Crippen LogP contribution in [0, 0.1) is 0 Å². The summed E-state index contributed by atoms with van der Waals surface area (Å²) >= 11 is 5.82. The lowest BCUT2D eigenvalue weighted by Gasteiger charge is -2.23. The Hall–Kier alpha value is -2.79. The Morgan fingerprint density at radius 1 is 1.25 bits per heavy atom. The van der Waals surface area contributed by atoms with E-state index in [0.717, 1.165) is 5.56 Å². The van der Waals surface area contributed by atoms with E-state index in [0.29, 0.717) is 22.1 Å². The number of amides is 2. The van der Waals surface area contributed by atoms with Crippen molar-refractivity contribution in [3.8, 4) is 5.75 Å². The molecular weight excluding hydrogens is 328 g/mol. The van der Waals surface area contributed by atoms with Gasteiger partial charge in [0.2, 0.25) is 5.91 Å². The number of carbonyl (C=O) groups excluding carboxylic acids is 2. The maximum absolute atomic E-state index is 12.0. The highest BCUT2D eigenvalue weighted by Crippen LogP contribution is 2.32. The fourth-order valence-electron chi connectivity index (χ4n) is 2.22. The van der Waals surface area contributed by atoms with Gasteiger partial charge in [0, 0.05) is 16.8 Å². The second-order valence-corrected chi connectivity index (χ2v) is 5.77. The number of hydrogen-bond acceptors (Lipinski definition) is 3. The lowest BCUT2D eigenvalue weighted by atomic mass is 10.2. The first-order valence-corrected chi connectivity index (χ1v) is 7.75. The minimum absolute atomic E-state index is 0.214. The second-order valence-electron chi connectivity index (χ2n) is 5.33. The fraction of sp³-hybridized carbons (Fsp3) is 0.111. The van der Waals surface area contributed by atoms with Crippen molar-refractivity contribution in [2.45, 2.75) is 13.0 Å². The van der Waals surface area contributed by atoms with Crippen LogP contribution in [0.1, 0.15) is 12.5 Å². The van der Waals surface area contributed by atoms with E-state index in [1.807, 2.05) is 12.1 Å². The summed E-state index contributed by atoms with van der Waals surface area (Å²) in [5.41, 5.74) is 1.98. The zero-order valence-electron chi connectivity index (χ0n) is 12.9. The molecule has 2 N–H and O–H groups in total. The Labute approximate surface area is 144 Å². The molecule has 5 nitrogen and oxygen atoms in total. The van der Waals surface area contributed by atoms with E-state index in [1.165, 1.54) is 6.08 Å². The molecule has 0 spiro atoms. The normalized spacial score (nSPS) is 16.2. The first-order valence-electron chi connectivity index (χ1n) is 7.37. The van der Waals surface area contributed by atoms with Gasteiger partial charge >= 0.3 is 0 Å². The van der Waals surface area contributed by atoms with Crippen LogP contribution in [-0.2, 0) is 9.59 Å². The first kappa shape index (κ1) is 16.1. The minimum atomic E-state index is -0.528. The molecule has 0 fully saturated rings. The van der Waals surface area contributed by atoms with E-state index in [4.69, 9.17) is 16.3 Å². The number of fused-ring (bicyclic) bond motifs is 1. The molecule has 1 aliphatic heterocycles. The molecule has 1 unspecified atom stereocenters. The van der Waals surface area contributed by atoms with Gasteiger partial charge in [-0.1, -0.05) is 23.7 Å². The molecule has 24 heavy (non-hydrogen) atoms. The Balaban J connectivity index is 1.67. The number of benzene rings is 2. The summed E-state index contributed by atoms with van der Waals surface area (Å²) in [7, 11) is 0. The average molecular weight is 343 g/mol. The number of hydrogen-bond donors (Lipinski definition) is 2. The molecule has 0 aromatic heterocycles. The highest BCUT2D eigenvalue weighted by molar-refractivity contribution is 6.30. The maximum atomic E-state index is 12.0. The number of anilines is 2. The molecule has 0 radical (unpaired) electrons. The molecule has 2 amide bonds. The first-order chi connectivity index (χ1) is 11.5. The lowest BCUT2D eigenvalue weighted by Crippen LogP contribution is -2.34. The highest BCUT2D eigenvalue weighted by atomic mass is 35.5. The summed E-state index contributed by atoms with van der Waals surface area (Å²) < 4.78 is 5.47. The van der Waals surface area contributed by atoms with E-state index in [-0.39, 0.29) is 11.8 Å². The molecule has 3 rings (SSSR count). The Bertz CT molecular complexity index is 816. The zero-order valence-corrected chi connectivity index (χ0v) is 13.6. The van der Waals surface area contributed by atoms with Crippen LogP contribution in [0.25, 0.3) is 6.08 Å². The van der Waals surface area contributed by atoms with Crippen molar-refractivity contribution in [1.82, 2.24) is 0 Å². The van der Waals surface area contributed by atoms with Crippen LogP contribution in [0.3, 0.4) is 0 Å². The van der Waals surface area contributed by atoms with Crippen LogP contribution in [0.5, 0.6) is 5.75 Å². The quantitative estimate of drug-likeness (QED) is 0.835. The van der Waals surface area contributed by atoms with Gasteiger partial charge in [0.15, 0.2) is 6.10 Å². The third-order valence-electron chi connectivity index (χ3n) is 3.48. The number of halogens is 1. The predicted octanol–water partition coefficient (Wildman–Crippen LogP) is 3.71. The molecule has 1 atom stereocenters. The standard InChI is InChI=1S/C18H15ClN2O3/c1-11-18(23)21-15-10-14(7-8-16(15)24-11)20-17(22)9-4-12-2-5-13(19)6-3-12/h2-11H,1H3,(H,20,22)(H,21,23)/b9-4+. The van der Waals surface area contributed by atoms with Gasteiger partial charge in [-0.3, -0.25) is 9.59 Å². The number of carbonyl (C=O) groups is 2. The molecule has 0 saturated heterocycles. The maximum Gasteiger partial charge on any atom is 0.265 e. The Kier molecular flexibility index (Phi) is 4.53. The molecule has 2 aromatic carbocycles. The Morgan fingerprint density at radius 2 is 2.00 bits per heavy atom. The SMILES string of the molecule is CC1Oc2ccc(NC(=O)/C=C/c3ccc(Cl)cc3)cc2NC1=O. The van der Waals surface area contributed by atoms with Crippen molar-refractivity contribution in [2.24, 2.45) is 0 Å². The molecular formula is C18H15ClN2O3. The highest BCUT2D eigenvalue weighted by Gasteiger charge is 2.23. The van der Waals surface area contributed by atoms with E-state index in [9.17, 15) is 9.59 Å². The van der Waals surface area contributed by atoms with Gasteiger partial charge in [-0.15, -0.1) is 0 Å². The number of ether oxygens (including phenoxy) is 1. The third-order valence-corrected chi connectivity index (χ3v) is 3.73. The van der Waals surface area contributed by atoms with Crippen molar-refractivity contribution >= 4 is 40.9 Å². The molecule has 0 aliphatic carbocycles. The van der Waals surface area contributed by atoms with Crippen LogP contribution < -0.4 is 15.4 Å². The van der Waals surface area contributed by atoms with E-state index in [2.05, 4.69) is 10.6 Å². The molecule has 1 aliphatic rings. The van der Waals surface area contributed by atoms with Gasteiger partial charge < -0.3 is 15.4 Å². The summed E-state index contributed by atoms with van der Waals surface area (Å²) in [5, 5.41) is 6.12. The van der Waals surface area contributed by atoms with Crippen LogP contribution in [0.4, 0.5) is 11.4 Å². The predicted molar refractivity (Wildman–Crippen MR) is 94.3 cm³/mol. The number of rotatable bonds is 3. The lowest BCUT2D eigenvalue weighted by molar-refractivity contribution is -0.122. The second kappa shape index (κ2) is 6.76. The summed E-state index contributed by atoms with van der Waals surface area (Å²) in [6.45, 7) is 1.68. The van der Waals surface area contributed by atoms with Gasteiger partial charge in [0.05, 0.1) is 5.69 Å². The molecule has 0 saturated carbocycles. The van der Waals surface area contributed by atoms with Gasteiger partial charge in [0.1, 0.15) is 5.75 Å². The largest absolute Gasteiger partial charge is 0.479 e. The van der Waals surface area contributed by atoms with Crippen molar-refractivity contribution in [1.29, 1.82) is 0 Å². The van der Waals surface area contributed by atoms with Gasteiger partial charge in [-0.25, -0.2) is 0 Å². The molecule has 2 aromatic rings. The summed E-state index contributed by atoms with van der Waals surface area (Å²) in [6.07, 6.45) is 2.59. The summed E-state index contributed by atoms with van der Waals surface area (Å²) in [6, 6.07) is 12.2. The minimum Gasteiger partial charge on any atom is -0.479 e. The molecule has 6 heteroatoms. The monoisotopic (exact) mass is 342 g/mol. The summed E-state index contributed by atoms with van der Waals surface area (Å²) in [5.74, 6) is 0.0896. The zero-order chi connectivity index (χ0) is 17.1. The third kappa shape index (κ3) is 3.75. The molecule has 0 bridgehead atoms. The van der Waals surface area contributed by atoms with E-state index in [1.54, 1.807) is 43.3 Å². The molecule has 1 heterocycles. The van der Waals surface area contributed by atoms with Crippen LogP contribution in [-0.4, -0.2) is 17.9 Å². The van der Waals surface area contributed by atoms with Crippen molar-refractivity contribution in [2.75, 3.05) is 10.6 Å². The smallest absolute Gasteiger partial charge is 0.265 e. The topological polar surface area (TPSA) is 67.4 Å². The van der Waals surface area contributed by atoms with Crippen LogP contribution in [0.2, 0.25) is 5.02 Å². The van der Waals surface area contributed by atoms with Crippen LogP contribution in [0.15, 0.2) is 48.5 Å². The van der Waals surface area contributed by atoms with Crippen molar-refractivity contribution < 1.29 is 14.3 Å². The molecule has 122 valence electrons. The summed E-state index contributed by atoms with van der Waals surface area (Å²) in [4.78, 5) is 23.6. The van der Waals surface area contributed by atoms with Crippen LogP contribution >= 0.6 is 11.6 Å². The van der Waals surface area contributed by atoms with E-state index < -0.39 is 6.10 Å². The Morgan fingerprint density at radius 3 is 2.75 bits per heavy atom. The average Bonchev–Trinajstić information content (AvgIpc) is 2.56. The van der Waals surface area contributed by atoms with E-state index >= 15 is 0 Å². The van der Waals surface area contributed by atoms with Gasteiger partial charge in [0.25, 0.3) is 5.91 Å². The van der Waals surface area contributed by atoms with Gasteiger partial charge in [-0.2, -0.15) is 0 Å². The van der Waals surface area contributed by atoms with Crippen molar-refractivity contribution in [3.63, 3.8) is 0 Å².